The first-order chi connectivity index (χ1) is 16.5. The lowest BCUT2D eigenvalue weighted by atomic mass is 10.0. The van der Waals surface area contributed by atoms with Crippen molar-refractivity contribution in [1.29, 1.82) is 0 Å². The number of hydrogen-bond donors (Lipinski definition) is 0. The van der Waals surface area contributed by atoms with Crippen molar-refractivity contribution < 1.29 is 44.8 Å². The quantitative estimate of drug-likeness (QED) is 0.232. The summed E-state index contributed by atoms with van der Waals surface area (Å²) >= 11 is 0. The normalized spacial score (nSPS) is 12.5. The topological polar surface area (TPSA) is 104 Å². The summed E-state index contributed by atoms with van der Waals surface area (Å²) in [6.45, 7) is 6.87. The van der Waals surface area contributed by atoms with Crippen molar-refractivity contribution in [2.75, 3.05) is 19.1 Å². The molecule has 0 radical (unpaired) electrons. The van der Waals surface area contributed by atoms with Gasteiger partial charge in [0.15, 0.2) is 5.75 Å². The molecular weight excluding hydrogens is 505 g/mol. The molecule has 0 atom stereocenters. The number of rotatable bonds is 8. The number of carbonyl (C=O) groups is 2. The van der Waals surface area contributed by atoms with Gasteiger partial charge in [0.2, 0.25) is 0 Å². The summed E-state index contributed by atoms with van der Waals surface area (Å²) in [7, 11) is -3.64. The Hall–Kier alpha value is -2.96. The van der Waals surface area contributed by atoms with E-state index in [1.54, 1.807) is 20.8 Å². The third kappa shape index (κ3) is 6.62. The second-order valence-corrected chi connectivity index (χ2v) is 10.7. The largest absolute Gasteiger partial charge is 0.534 e. The van der Waals surface area contributed by atoms with Crippen LogP contribution in [0.3, 0.4) is 0 Å². The third-order valence-corrected chi connectivity index (χ3v) is 6.14. The molecule has 0 N–H and O–H groups in total. The zero-order valence-electron chi connectivity index (χ0n) is 21.1. The molecule has 0 unspecified atom stereocenters. The van der Waals surface area contributed by atoms with Gasteiger partial charge >= 0.3 is 27.8 Å². The maximum Gasteiger partial charge on any atom is 0.534 e. The maximum absolute atomic E-state index is 13.3. The van der Waals surface area contributed by atoms with Crippen LogP contribution in [0.5, 0.6) is 5.75 Å². The highest BCUT2D eigenvalue weighted by Crippen LogP contribution is 2.41. The molecule has 0 aliphatic carbocycles. The van der Waals surface area contributed by atoms with E-state index in [0.29, 0.717) is 12.8 Å². The van der Waals surface area contributed by atoms with Crippen LogP contribution >= 0.6 is 0 Å². The highest BCUT2D eigenvalue weighted by Gasteiger charge is 2.49. The molecule has 0 saturated carbocycles. The molecule has 1 heterocycles. The predicted molar refractivity (Wildman–Crippen MR) is 128 cm³/mol. The van der Waals surface area contributed by atoms with Crippen molar-refractivity contribution in [3.63, 3.8) is 0 Å². The van der Waals surface area contributed by atoms with Crippen LogP contribution < -0.4 is 9.08 Å². The fraction of sp³-hybridized carbons (Fsp3) is 0.565. The molecule has 0 spiro atoms. The number of anilines is 1. The molecule has 36 heavy (non-hydrogen) atoms. The number of methoxy groups -OCH3 is 1. The molecule has 2 aromatic rings. The van der Waals surface area contributed by atoms with Gasteiger partial charge in [-0.1, -0.05) is 26.2 Å². The lowest BCUT2D eigenvalue weighted by Gasteiger charge is -2.24. The van der Waals surface area contributed by atoms with Gasteiger partial charge < -0.3 is 13.7 Å². The second-order valence-electron chi connectivity index (χ2n) is 9.13. The minimum atomic E-state index is -6.07. The van der Waals surface area contributed by atoms with E-state index in [1.807, 2.05) is 6.92 Å². The molecule has 0 aliphatic heterocycles. The average molecular weight is 537 g/mol. The highest BCUT2D eigenvalue weighted by atomic mass is 32.2. The summed E-state index contributed by atoms with van der Waals surface area (Å²) < 4.78 is 79.7. The number of carbonyl (C=O) groups excluding carboxylic acids is 2. The Balaban J connectivity index is 2.86. The van der Waals surface area contributed by atoms with E-state index in [4.69, 9.17) is 9.47 Å². The zero-order chi connectivity index (χ0) is 27.5. The van der Waals surface area contributed by atoms with Gasteiger partial charge in [0, 0.05) is 24.2 Å². The van der Waals surface area contributed by atoms with Crippen molar-refractivity contribution in [3.8, 4) is 5.75 Å². The summed E-state index contributed by atoms with van der Waals surface area (Å²) in [4.78, 5) is 26.1. The Morgan fingerprint density at radius 1 is 1.11 bits per heavy atom. The lowest BCUT2D eigenvalue weighted by molar-refractivity contribution is -0.0499. The van der Waals surface area contributed by atoms with Crippen LogP contribution in [0.4, 0.5) is 28.4 Å². The van der Waals surface area contributed by atoms with E-state index in [0.717, 1.165) is 29.4 Å². The van der Waals surface area contributed by atoms with Crippen molar-refractivity contribution in [1.82, 2.24) is 4.57 Å². The monoisotopic (exact) mass is 536 g/mol. The Morgan fingerprint density at radius 3 is 2.28 bits per heavy atom. The summed E-state index contributed by atoms with van der Waals surface area (Å²) in [5.74, 6) is -0.616. The SMILES string of the molecule is CCCCCCc1c(N(C)C(=O)OC)cc2c(ccn2C(=O)OC(C)(C)C)c1OS(=O)(=O)C(F)(F)F. The Bertz CT molecular complexity index is 1210. The molecule has 0 aliphatic rings. The zero-order valence-corrected chi connectivity index (χ0v) is 21.9. The molecule has 0 bridgehead atoms. The molecule has 1 aromatic heterocycles. The average Bonchev–Trinajstić information content (AvgIpc) is 3.18. The van der Waals surface area contributed by atoms with E-state index in [2.05, 4.69) is 4.18 Å². The summed E-state index contributed by atoms with van der Waals surface area (Å²) in [5.41, 5.74) is -6.52. The minimum Gasteiger partial charge on any atom is -0.452 e. The third-order valence-electron chi connectivity index (χ3n) is 5.18. The van der Waals surface area contributed by atoms with Crippen molar-refractivity contribution in [2.45, 2.75) is 70.9 Å². The summed E-state index contributed by atoms with van der Waals surface area (Å²) in [6.07, 6.45) is 2.54. The van der Waals surface area contributed by atoms with Crippen LogP contribution in [0.2, 0.25) is 0 Å². The Labute approximate surface area is 208 Å². The summed E-state index contributed by atoms with van der Waals surface area (Å²) in [5, 5.41) is -0.0683. The molecule has 0 fully saturated rings. The van der Waals surface area contributed by atoms with Crippen molar-refractivity contribution in [3.05, 3.63) is 23.9 Å². The number of nitrogens with zero attached hydrogens (tertiary/aromatic N) is 2. The fourth-order valence-electron chi connectivity index (χ4n) is 3.51. The molecule has 1 amide bonds. The lowest BCUT2D eigenvalue weighted by Crippen LogP contribution is -2.30. The first-order valence-electron chi connectivity index (χ1n) is 11.3. The van der Waals surface area contributed by atoms with Crippen molar-refractivity contribution in [2.24, 2.45) is 0 Å². The van der Waals surface area contributed by atoms with Gasteiger partial charge in [0.05, 0.1) is 18.3 Å². The van der Waals surface area contributed by atoms with Gasteiger partial charge in [-0.3, -0.25) is 9.47 Å². The highest BCUT2D eigenvalue weighted by molar-refractivity contribution is 7.88. The summed E-state index contributed by atoms with van der Waals surface area (Å²) in [6, 6.07) is 2.65. The van der Waals surface area contributed by atoms with Gasteiger partial charge in [-0.25, -0.2) is 9.59 Å². The Morgan fingerprint density at radius 2 is 1.75 bits per heavy atom. The van der Waals surface area contributed by atoms with Crippen LogP contribution in [-0.2, 0) is 26.0 Å². The predicted octanol–water partition coefficient (Wildman–Crippen LogP) is 5.98. The van der Waals surface area contributed by atoms with Crippen LogP contribution in [0, 0.1) is 0 Å². The molecule has 9 nitrogen and oxygen atoms in total. The van der Waals surface area contributed by atoms with Gasteiger partial charge in [0.1, 0.15) is 5.60 Å². The number of amides is 1. The molecule has 1 aromatic carbocycles. The number of hydrogen-bond acceptors (Lipinski definition) is 7. The van der Waals surface area contributed by atoms with Crippen molar-refractivity contribution >= 4 is 38.9 Å². The van der Waals surface area contributed by atoms with E-state index < -0.39 is 39.2 Å². The Kier molecular flexibility index (Phi) is 8.92. The first kappa shape index (κ1) is 29.3. The molecule has 13 heteroatoms. The van der Waals surface area contributed by atoms with Crippen LogP contribution in [-0.4, -0.2) is 50.4 Å². The smallest absolute Gasteiger partial charge is 0.452 e. The number of benzene rings is 1. The number of unbranched alkanes of at least 4 members (excludes halogenated alkanes) is 3. The number of aromatic nitrogens is 1. The maximum atomic E-state index is 13.3. The first-order valence-corrected chi connectivity index (χ1v) is 12.7. The standard InChI is InChI=1S/C23H31F3N2O7S/c1-7-8-9-10-11-15-17(27(5)20(29)33-6)14-18-16(19(15)35-36(31,32)23(24,25)26)12-13-28(18)21(30)34-22(2,3)4/h12-14H,7-11H2,1-6H3. The molecule has 202 valence electrons. The van der Waals surface area contributed by atoms with Crippen LogP contribution in [0.1, 0.15) is 58.9 Å². The fourth-order valence-corrected chi connectivity index (χ4v) is 4.01. The van der Waals surface area contributed by atoms with E-state index in [9.17, 15) is 31.2 Å². The molecular formula is C23H31F3N2O7S. The number of halogens is 3. The number of alkyl halides is 3. The van der Waals surface area contributed by atoms with Gasteiger partial charge in [-0.2, -0.15) is 21.6 Å². The number of ether oxygens (including phenoxy) is 2. The second kappa shape index (κ2) is 11.0. The van der Waals surface area contributed by atoms with Crippen LogP contribution in [0.15, 0.2) is 18.3 Å². The van der Waals surface area contributed by atoms with Gasteiger partial charge in [-0.15, -0.1) is 0 Å². The molecule has 2 rings (SSSR count). The number of fused-ring (bicyclic) bond motifs is 1. The molecule has 0 saturated heterocycles. The van der Waals surface area contributed by atoms with E-state index >= 15 is 0 Å². The van der Waals surface area contributed by atoms with Gasteiger partial charge in [-0.05, 0) is 45.7 Å². The van der Waals surface area contributed by atoms with Gasteiger partial charge in [0.25, 0.3) is 0 Å². The minimum absolute atomic E-state index is 0.0142. The van der Waals surface area contributed by atoms with Crippen LogP contribution in [0.25, 0.3) is 10.9 Å². The van der Waals surface area contributed by atoms with E-state index in [1.165, 1.54) is 25.4 Å². The van der Waals surface area contributed by atoms with E-state index in [-0.39, 0.29) is 28.6 Å².